The SMILES string of the molecule is CCS(=O)(=O)N1CCN(C(=O)OCc2ccccc2)CC1. The van der Waals surface area contributed by atoms with Crippen LogP contribution in [-0.2, 0) is 21.4 Å². The summed E-state index contributed by atoms with van der Waals surface area (Å²) in [5.74, 6) is 0.0887. The van der Waals surface area contributed by atoms with Crippen LogP contribution in [0.25, 0.3) is 0 Å². The van der Waals surface area contributed by atoms with Crippen molar-refractivity contribution < 1.29 is 17.9 Å². The third-order valence-corrected chi connectivity index (χ3v) is 5.34. The van der Waals surface area contributed by atoms with Gasteiger partial charge in [-0.1, -0.05) is 30.3 Å². The highest BCUT2D eigenvalue weighted by Gasteiger charge is 2.28. The lowest BCUT2D eigenvalue weighted by molar-refractivity contribution is 0.0838. The van der Waals surface area contributed by atoms with Gasteiger partial charge in [-0.05, 0) is 12.5 Å². The van der Waals surface area contributed by atoms with Gasteiger partial charge in [-0.15, -0.1) is 0 Å². The van der Waals surface area contributed by atoms with E-state index >= 15 is 0 Å². The van der Waals surface area contributed by atoms with Gasteiger partial charge in [0, 0.05) is 26.2 Å². The van der Waals surface area contributed by atoms with Gasteiger partial charge in [0.15, 0.2) is 0 Å². The Morgan fingerprint density at radius 1 is 1.14 bits per heavy atom. The number of carbonyl (C=O) groups excluding carboxylic acids is 1. The summed E-state index contributed by atoms with van der Waals surface area (Å²) in [6.07, 6.45) is -0.396. The van der Waals surface area contributed by atoms with E-state index in [1.165, 1.54) is 4.31 Å². The zero-order chi connectivity index (χ0) is 15.3. The van der Waals surface area contributed by atoms with Crippen LogP contribution in [0.15, 0.2) is 30.3 Å². The molecule has 1 saturated heterocycles. The van der Waals surface area contributed by atoms with Crippen molar-refractivity contribution in [1.82, 2.24) is 9.21 Å². The fourth-order valence-corrected chi connectivity index (χ4v) is 3.23. The van der Waals surface area contributed by atoms with Crippen LogP contribution in [-0.4, -0.2) is 55.6 Å². The summed E-state index contributed by atoms with van der Waals surface area (Å²) >= 11 is 0. The molecule has 116 valence electrons. The summed E-state index contributed by atoms with van der Waals surface area (Å²) in [4.78, 5) is 13.5. The number of ether oxygens (including phenoxy) is 1. The van der Waals surface area contributed by atoms with Crippen molar-refractivity contribution in [2.45, 2.75) is 13.5 Å². The molecule has 1 fully saturated rings. The highest BCUT2D eigenvalue weighted by Crippen LogP contribution is 2.10. The third kappa shape index (κ3) is 4.18. The van der Waals surface area contributed by atoms with E-state index in [-0.39, 0.29) is 12.4 Å². The van der Waals surface area contributed by atoms with E-state index in [9.17, 15) is 13.2 Å². The first-order chi connectivity index (χ1) is 10.0. The largest absolute Gasteiger partial charge is 0.445 e. The monoisotopic (exact) mass is 312 g/mol. The number of nitrogens with zero attached hydrogens (tertiary/aromatic N) is 2. The fourth-order valence-electron chi connectivity index (χ4n) is 2.14. The number of hydrogen-bond acceptors (Lipinski definition) is 4. The first-order valence-corrected chi connectivity index (χ1v) is 8.57. The maximum atomic E-state index is 11.9. The van der Waals surface area contributed by atoms with Crippen molar-refractivity contribution in [2.24, 2.45) is 0 Å². The summed E-state index contributed by atoms with van der Waals surface area (Å²) in [6, 6.07) is 9.45. The summed E-state index contributed by atoms with van der Waals surface area (Å²) < 4.78 is 30.1. The van der Waals surface area contributed by atoms with Crippen LogP contribution in [0.5, 0.6) is 0 Å². The normalized spacial score (nSPS) is 16.7. The molecule has 1 aromatic carbocycles. The van der Waals surface area contributed by atoms with Gasteiger partial charge in [0.05, 0.1) is 5.75 Å². The highest BCUT2D eigenvalue weighted by molar-refractivity contribution is 7.89. The summed E-state index contributed by atoms with van der Waals surface area (Å²) in [6.45, 7) is 3.25. The second-order valence-electron chi connectivity index (χ2n) is 4.83. The second kappa shape index (κ2) is 6.91. The van der Waals surface area contributed by atoms with Crippen molar-refractivity contribution in [1.29, 1.82) is 0 Å². The first kappa shape index (κ1) is 15.8. The number of benzene rings is 1. The van der Waals surface area contributed by atoms with Crippen molar-refractivity contribution in [3.8, 4) is 0 Å². The molecule has 1 amide bonds. The van der Waals surface area contributed by atoms with Crippen LogP contribution in [0.2, 0.25) is 0 Å². The summed E-state index contributed by atoms with van der Waals surface area (Å²) in [5.41, 5.74) is 0.929. The van der Waals surface area contributed by atoms with Crippen LogP contribution < -0.4 is 0 Å². The molecular weight excluding hydrogens is 292 g/mol. The molecule has 0 aromatic heterocycles. The minimum atomic E-state index is -3.17. The smallest absolute Gasteiger partial charge is 0.410 e. The van der Waals surface area contributed by atoms with E-state index in [2.05, 4.69) is 0 Å². The topological polar surface area (TPSA) is 66.9 Å². The molecule has 0 aliphatic carbocycles. The number of hydrogen-bond donors (Lipinski definition) is 0. The molecule has 0 N–H and O–H groups in total. The summed E-state index contributed by atoms with van der Waals surface area (Å²) in [5, 5.41) is 0. The predicted octanol–water partition coefficient (Wildman–Crippen LogP) is 1.29. The maximum Gasteiger partial charge on any atom is 0.410 e. The molecule has 0 bridgehead atoms. The minimum absolute atomic E-state index is 0.0887. The predicted molar refractivity (Wildman–Crippen MR) is 79.2 cm³/mol. The molecule has 1 aromatic rings. The standard InChI is InChI=1S/C14H20N2O4S/c1-2-21(18,19)16-10-8-15(9-11-16)14(17)20-12-13-6-4-3-5-7-13/h3-7H,2,8-12H2,1H3. The third-order valence-electron chi connectivity index (χ3n) is 3.46. The van der Waals surface area contributed by atoms with E-state index in [0.29, 0.717) is 26.2 Å². The van der Waals surface area contributed by atoms with Gasteiger partial charge in [0.2, 0.25) is 10.0 Å². The quantitative estimate of drug-likeness (QED) is 0.840. The molecular formula is C14H20N2O4S. The lowest BCUT2D eigenvalue weighted by Crippen LogP contribution is -2.50. The van der Waals surface area contributed by atoms with Crippen LogP contribution in [0.4, 0.5) is 4.79 Å². The average molecular weight is 312 g/mol. The zero-order valence-electron chi connectivity index (χ0n) is 12.1. The van der Waals surface area contributed by atoms with Crippen LogP contribution in [0.1, 0.15) is 12.5 Å². The molecule has 0 spiro atoms. The van der Waals surface area contributed by atoms with Gasteiger partial charge < -0.3 is 9.64 Å². The molecule has 2 rings (SSSR count). The zero-order valence-corrected chi connectivity index (χ0v) is 12.9. The van der Waals surface area contributed by atoms with Crippen molar-refractivity contribution in [3.05, 3.63) is 35.9 Å². The Hall–Kier alpha value is -1.60. The molecule has 0 unspecified atom stereocenters. The van der Waals surface area contributed by atoms with Gasteiger partial charge in [-0.3, -0.25) is 0 Å². The number of amides is 1. The Bertz CT molecular complexity index is 566. The van der Waals surface area contributed by atoms with Crippen LogP contribution in [0, 0.1) is 0 Å². The molecule has 21 heavy (non-hydrogen) atoms. The van der Waals surface area contributed by atoms with Crippen molar-refractivity contribution >= 4 is 16.1 Å². The molecule has 1 aliphatic rings. The Balaban J connectivity index is 1.81. The molecule has 0 saturated carbocycles. The molecule has 0 radical (unpaired) electrons. The van der Waals surface area contributed by atoms with E-state index < -0.39 is 16.1 Å². The Kier molecular flexibility index (Phi) is 5.19. The molecule has 6 nitrogen and oxygen atoms in total. The second-order valence-corrected chi connectivity index (χ2v) is 7.08. The molecule has 0 atom stereocenters. The first-order valence-electron chi connectivity index (χ1n) is 6.96. The highest BCUT2D eigenvalue weighted by atomic mass is 32.2. The molecule has 1 heterocycles. The number of carbonyl (C=O) groups is 1. The number of rotatable bonds is 4. The van der Waals surface area contributed by atoms with Crippen molar-refractivity contribution in [3.63, 3.8) is 0 Å². The van der Waals surface area contributed by atoms with Crippen molar-refractivity contribution in [2.75, 3.05) is 31.9 Å². The van der Waals surface area contributed by atoms with Crippen LogP contribution in [0.3, 0.4) is 0 Å². The average Bonchev–Trinajstić information content (AvgIpc) is 2.53. The van der Waals surface area contributed by atoms with Gasteiger partial charge in [0.25, 0.3) is 0 Å². The van der Waals surface area contributed by atoms with Gasteiger partial charge >= 0.3 is 6.09 Å². The van der Waals surface area contributed by atoms with Gasteiger partial charge in [0.1, 0.15) is 6.61 Å². The Labute approximate surface area is 125 Å². The number of sulfonamides is 1. The van der Waals surface area contributed by atoms with E-state index in [1.54, 1.807) is 11.8 Å². The van der Waals surface area contributed by atoms with Gasteiger partial charge in [-0.2, -0.15) is 4.31 Å². The number of piperazine rings is 1. The lowest BCUT2D eigenvalue weighted by Gasteiger charge is -2.33. The fraction of sp³-hybridized carbons (Fsp3) is 0.500. The van der Waals surface area contributed by atoms with E-state index in [4.69, 9.17) is 4.74 Å². The van der Waals surface area contributed by atoms with Crippen LogP contribution >= 0.6 is 0 Å². The van der Waals surface area contributed by atoms with Gasteiger partial charge in [-0.25, -0.2) is 13.2 Å². The maximum absolute atomic E-state index is 11.9. The molecule has 7 heteroatoms. The van der Waals surface area contributed by atoms with E-state index in [0.717, 1.165) is 5.56 Å². The Morgan fingerprint density at radius 3 is 2.33 bits per heavy atom. The molecule has 1 aliphatic heterocycles. The minimum Gasteiger partial charge on any atom is -0.445 e. The summed E-state index contributed by atoms with van der Waals surface area (Å²) in [7, 11) is -3.17. The Morgan fingerprint density at radius 2 is 1.76 bits per heavy atom. The van der Waals surface area contributed by atoms with E-state index in [1.807, 2.05) is 30.3 Å². The lowest BCUT2D eigenvalue weighted by atomic mass is 10.2.